The molecule has 0 aromatic heterocycles. The molecule has 19 heavy (non-hydrogen) atoms. The molecule has 2 heterocycles. The van der Waals surface area contributed by atoms with E-state index in [2.05, 4.69) is 41.5 Å². The normalized spacial score (nSPS) is 35.4. The minimum atomic E-state index is -0.652. The van der Waals surface area contributed by atoms with E-state index in [1.54, 1.807) is 0 Å². The van der Waals surface area contributed by atoms with Gasteiger partial charge in [0.2, 0.25) is 0 Å². The zero-order valence-corrected chi connectivity index (χ0v) is 13.5. The highest BCUT2D eigenvalue weighted by Crippen LogP contribution is 2.54. The van der Waals surface area contributed by atoms with Crippen molar-refractivity contribution in [2.75, 3.05) is 0 Å². The summed E-state index contributed by atoms with van der Waals surface area (Å²) < 4.78 is 23.5. The van der Waals surface area contributed by atoms with Gasteiger partial charge in [0, 0.05) is 5.31 Å². The molecule has 1 atom stereocenters. The largest absolute Gasteiger partial charge is 0.626 e. The van der Waals surface area contributed by atoms with Crippen LogP contribution in [0.1, 0.15) is 61.8 Å². The lowest BCUT2D eigenvalue weighted by molar-refractivity contribution is -0.0476. The van der Waals surface area contributed by atoms with Crippen LogP contribution in [0.15, 0.2) is 0 Å². The fourth-order valence-electron chi connectivity index (χ4n) is 2.40. The summed E-state index contributed by atoms with van der Waals surface area (Å²) in [5.74, 6) is 0. The molecule has 2 aliphatic rings. The molecule has 0 amide bonds. The Balaban J connectivity index is 2.01. The molecule has 2 rings (SSSR count). The second-order valence-electron chi connectivity index (χ2n) is 7.44. The van der Waals surface area contributed by atoms with Gasteiger partial charge in [-0.05, 0) is 41.0 Å². The summed E-state index contributed by atoms with van der Waals surface area (Å²) >= 11 is 0. The standard InChI is InChI=1S/C13H26B2O4/c1-9-13(8)12(6,7)17-15(18-13)19-14-10(2,3)11(4,5)16-14/h9H2,1-8H3. The highest BCUT2D eigenvalue weighted by molar-refractivity contribution is 6.61. The molecule has 0 N–H and O–H groups in total. The fourth-order valence-corrected chi connectivity index (χ4v) is 2.40. The lowest BCUT2D eigenvalue weighted by Gasteiger charge is -2.55. The second kappa shape index (κ2) is 4.23. The zero-order valence-electron chi connectivity index (χ0n) is 13.5. The van der Waals surface area contributed by atoms with Gasteiger partial charge >= 0.3 is 14.4 Å². The van der Waals surface area contributed by atoms with Crippen molar-refractivity contribution in [1.82, 2.24) is 0 Å². The van der Waals surface area contributed by atoms with Crippen molar-refractivity contribution in [2.24, 2.45) is 0 Å². The topological polar surface area (TPSA) is 36.9 Å². The van der Waals surface area contributed by atoms with Crippen LogP contribution in [0.25, 0.3) is 0 Å². The van der Waals surface area contributed by atoms with Crippen LogP contribution in [-0.4, -0.2) is 31.2 Å². The highest BCUT2D eigenvalue weighted by atomic mass is 16.8. The van der Waals surface area contributed by atoms with E-state index >= 15 is 0 Å². The third kappa shape index (κ3) is 2.17. The van der Waals surface area contributed by atoms with E-state index < -0.39 is 7.32 Å². The summed E-state index contributed by atoms with van der Waals surface area (Å²) in [5.41, 5.74) is -0.878. The first kappa shape index (κ1) is 15.4. The van der Waals surface area contributed by atoms with Crippen LogP contribution in [-0.2, 0) is 18.5 Å². The predicted octanol–water partition coefficient (Wildman–Crippen LogP) is 3.06. The average molecular weight is 268 g/mol. The average Bonchev–Trinajstić information content (AvgIpc) is 2.48. The first-order valence-electron chi connectivity index (χ1n) is 7.14. The Kier molecular flexibility index (Phi) is 3.42. The molecule has 0 bridgehead atoms. The van der Waals surface area contributed by atoms with Crippen molar-refractivity contribution in [3.05, 3.63) is 0 Å². The van der Waals surface area contributed by atoms with Crippen LogP contribution in [0.3, 0.4) is 0 Å². The molecule has 4 nitrogen and oxygen atoms in total. The van der Waals surface area contributed by atoms with Gasteiger partial charge in [0.1, 0.15) is 0 Å². The maximum Gasteiger partial charge on any atom is 0.626 e. The third-order valence-corrected chi connectivity index (χ3v) is 5.47. The van der Waals surface area contributed by atoms with Crippen molar-refractivity contribution >= 4 is 14.4 Å². The summed E-state index contributed by atoms with van der Waals surface area (Å²) in [6.45, 7) is 16.7. The molecule has 0 aromatic rings. The summed E-state index contributed by atoms with van der Waals surface area (Å²) in [6.07, 6.45) is 0.875. The Morgan fingerprint density at radius 3 is 1.79 bits per heavy atom. The van der Waals surface area contributed by atoms with E-state index in [1.165, 1.54) is 0 Å². The molecule has 2 aliphatic heterocycles. The molecule has 108 valence electrons. The third-order valence-electron chi connectivity index (χ3n) is 5.47. The minimum Gasteiger partial charge on any atom is -0.424 e. The molecule has 0 spiro atoms. The second-order valence-corrected chi connectivity index (χ2v) is 7.44. The van der Waals surface area contributed by atoms with E-state index in [4.69, 9.17) is 18.5 Å². The number of hydrogen-bond donors (Lipinski definition) is 0. The smallest absolute Gasteiger partial charge is 0.424 e. The van der Waals surface area contributed by atoms with Crippen molar-refractivity contribution in [3.8, 4) is 0 Å². The van der Waals surface area contributed by atoms with Gasteiger partial charge in [-0.2, -0.15) is 0 Å². The van der Waals surface area contributed by atoms with E-state index in [-0.39, 0.29) is 29.2 Å². The molecule has 2 saturated heterocycles. The van der Waals surface area contributed by atoms with Crippen LogP contribution in [0, 0.1) is 0 Å². The number of rotatable bonds is 3. The fraction of sp³-hybridized carbons (Fsp3) is 1.00. The molecule has 0 radical (unpaired) electrons. The minimum absolute atomic E-state index is 0.0604. The van der Waals surface area contributed by atoms with Crippen LogP contribution in [0.5, 0.6) is 0 Å². The highest BCUT2D eigenvalue weighted by Gasteiger charge is 2.64. The van der Waals surface area contributed by atoms with Gasteiger partial charge in [-0.15, -0.1) is 0 Å². The van der Waals surface area contributed by atoms with Crippen molar-refractivity contribution < 1.29 is 18.5 Å². The van der Waals surface area contributed by atoms with Crippen LogP contribution >= 0.6 is 0 Å². The van der Waals surface area contributed by atoms with Crippen LogP contribution in [0.2, 0.25) is 5.31 Å². The van der Waals surface area contributed by atoms with Gasteiger partial charge in [0.15, 0.2) is 0 Å². The quantitative estimate of drug-likeness (QED) is 0.737. The van der Waals surface area contributed by atoms with Gasteiger partial charge in [-0.3, -0.25) is 0 Å². The van der Waals surface area contributed by atoms with Gasteiger partial charge in [-0.25, -0.2) is 0 Å². The van der Waals surface area contributed by atoms with Gasteiger partial charge in [-0.1, -0.05) is 20.8 Å². The molecular weight excluding hydrogens is 242 g/mol. The molecule has 1 unspecified atom stereocenters. The SMILES string of the molecule is CCC1(C)OB(OB2OC(C)(C)C2(C)C)OC1(C)C. The first-order chi connectivity index (χ1) is 8.45. The molecule has 6 heteroatoms. The summed E-state index contributed by atoms with van der Waals surface area (Å²) in [5, 5.41) is -0.0604. The van der Waals surface area contributed by atoms with Crippen molar-refractivity contribution in [1.29, 1.82) is 0 Å². The van der Waals surface area contributed by atoms with E-state index in [9.17, 15) is 0 Å². The molecule has 2 fully saturated rings. The summed E-state index contributed by atoms with van der Waals surface area (Å²) in [7, 11) is -0.942. The van der Waals surface area contributed by atoms with E-state index in [1.807, 2.05) is 13.8 Å². The monoisotopic (exact) mass is 268 g/mol. The van der Waals surface area contributed by atoms with Gasteiger partial charge < -0.3 is 18.5 Å². The zero-order chi connectivity index (χ0) is 14.7. The Morgan fingerprint density at radius 2 is 1.42 bits per heavy atom. The van der Waals surface area contributed by atoms with Gasteiger partial charge in [0.05, 0.1) is 16.8 Å². The molecule has 0 saturated carbocycles. The molecular formula is C13H26B2O4. The Bertz CT molecular complexity index is 370. The predicted molar refractivity (Wildman–Crippen MR) is 76.7 cm³/mol. The summed E-state index contributed by atoms with van der Waals surface area (Å²) in [6, 6.07) is 0. The van der Waals surface area contributed by atoms with Crippen LogP contribution < -0.4 is 0 Å². The number of hydrogen-bond acceptors (Lipinski definition) is 4. The van der Waals surface area contributed by atoms with Gasteiger partial charge in [0.25, 0.3) is 0 Å². The Morgan fingerprint density at radius 1 is 0.842 bits per heavy atom. The van der Waals surface area contributed by atoms with Crippen molar-refractivity contribution in [2.45, 2.75) is 83.9 Å². The van der Waals surface area contributed by atoms with E-state index in [0.717, 1.165) is 6.42 Å². The van der Waals surface area contributed by atoms with Crippen molar-refractivity contribution in [3.63, 3.8) is 0 Å². The maximum atomic E-state index is 5.96. The van der Waals surface area contributed by atoms with E-state index in [0.29, 0.717) is 0 Å². The Hall–Kier alpha value is -0.0301. The summed E-state index contributed by atoms with van der Waals surface area (Å²) in [4.78, 5) is 0. The first-order valence-corrected chi connectivity index (χ1v) is 7.14. The lowest BCUT2D eigenvalue weighted by Crippen LogP contribution is -2.64. The molecule has 0 aliphatic carbocycles. The Labute approximate surface area is 117 Å². The molecule has 0 aromatic carbocycles. The maximum absolute atomic E-state index is 5.96. The lowest BCUT2D eigenvalue weighted by atomic mass is 9.45. The van der Waals surface area contributed by atoms with Crippen LogP contribution in [0.4, 0.5) is 0 Å².